The van der Waals surface area contributed by atoms with E-state index in [1.54, 1.807) is 0 Å². The van der Waals surface area contributed by atoms with E-state index in [0.29, 0.717) is 11.1 Å². The van der Waals surface area contributed by atoms with E-state index < -0.39 is 11.9 Å². The molecular weight excluding hydrogens is 272 g/mol. The van der Waals surface area contributed by atoms with Crippen LogP contribution in [-0.2, 0) is 14.2 Å². The van der Waals surface area contributed by atoms with Gasteiger partial charge in [-0.2, -0.15) is 0 Å². The first-order chi connectivity index (χ1) is 10.1. The van der Waals surface area contributed by atoms with Crippen LogP contribution in [0.3, 0.4) is 0 Å². The van der Waals surface area contributed by atoms with E-state index >= 15 is 0 Å². The fourth-order valence-electron chi connectivity index (χ4n) is 1.23. The molecule has 5 heteroatoms. The highest BCUT2D eigenvalue weighted by molar-refractivity contribution is 5.93. The first kappa shape index (κ1) is 18.6. The van der Waals surface area contributed by atoms with Gasteiger partial charge in [-0.05, 0) is 38.1 Å². The third-order valence-corrected chi connectivity index (χ3v) is 2.15. The number of carbonyl (C=O) groups is 2. The minimum absolute atomic E-state index is 0.329. The van der Waals surface area contributed by atoms with E-state index in [1.807, 2.05) is 13.8 Å². The lowest BCUT2D eigenvalue weighted by molar-refractivity contribution is 0.0649. The molecule has 0 bridgehead atoms. The van der Waals surface area contributed by atoms with Gasteiger partial charge in [0.25, 0.3) is 0 Å². The van der Waals surface area contributed by atoms with Crippen molar-refractivity contribution in [3.63, 3.8) is 0 Å². The highest BCUT2D eigenvalue weighted by Crippen LogP contribution is 2.07. The van der Waals surface area contributed by atoms with Gasteiger partial charge in [-0.15, -0.1) is 0 Å². The second-order valence-electron chi connectivity index (χ2n) is 3.50. The Hall–Kier alpha value is -2.40. The van der Waals surface area contributed by atoms with Gasteiger partial charge in [-0.25, -0.2) is 9.59 Å². The van der Waals surface area contributed by atoms with Crippen LogP contribution in [0.1, 0.15) is 34.6 Å². The van der Waals surface area contributed by atoms with Gasteiger partial charge in [0.05, 0.1) is 23.7 Å². The van der Waals surface area contributed by atoms with Crippen molar-refractivity contribution >= 4 is 11.9 Å². The molecule has 0 radical (unpaired) electrons. The van der Waals surface area contributed by atoms with Crippen molar-refractivity contribution in [3.05, 3.63) is 61.1 Å². The van der Waals surface area contributed by atoms with E-state index in [-0.39, 0.29) is 0 Å². The number of carbonyl (C=O) groups excluding carboxylic acids is 2. The van der Waals surface area contributed by atoms with Crippen molar-refractivity contribution in [3.8, 4) is 0 Å². The van der Waals surface area contributed by atoms with Crippen molar-refractivity contribution < 1.29 is 23.8 Å². The van der Waals surface area contributed by atoms with Crippen LogP contribution in [0.15, 0.2) is 49.9 Å². The van der Waals surface area contributed by atoms with E-state index in [1.165, 1.54) is 24.3 Å². The lowest BCUT2D eigenvalue weighted by atomic mass is 10.1. The van der Waals surface area contributed by atoms with Crippen LogP contribution in [-0.4, -0.2) is 25.2 Å². The summed E-state index contributed by atoms with van der Waals surface area (Å²) < 4.78 is 14.0. The molecule has 0 amide bonds. The normalized spacial score (nSPS) is 8.86. The Balaban J connectivity index is 0.000000690. The molecule has 114 valence electrons. The predicted molar refractivity (Wildman–Crippen MR) is 79.8 cm³/mol. The summed E-state index contributed by atoms with van der Waals surface area (Å²) in [4.78, 5) is 22.5. The summed E-state index contributed by atoms with van der Waals surface area (Å²) in [6.45, 7) is 12.2. The number of hydrogen-bond acceptors (Lipinski definition) is 5. The van der Waals surface area contributed by atoms with Crippen molar-refractivity contribution in [1.82, 2.24) is 0 Å². The van der Waals surface area contributed by atoms with Crippen LogP contribution in [0, 0.1) is 0 Å². The van der Waals surface area contributed by atoms with E-state index in [0.717, 1.165) is 25.7 Å². The Morgan fingerprint density at radius 1 is 0.905 bits per heavy atom. The lowest BCUT2D eigenvalue weighted by Gasteiger charge is -2.01. The van der Waals surface area contributed by atoms with Crippen LogP contribution in [0.2, 0.25) is 0 Å². The van der Waals surface area contributed by atoms with Crippen LogP contribution in [0.4, 0.5) is 0 Å². The first-order valence-electron chi connectivity index (χ1n) is 6.42. The summed E-state index contributed by atoms with van der Waals surface area (Å²) in [6.07, 6.45) is 2.09. The van der Waals surface area contributed by atoms with Crippen LogP contribution < -0.4 is 0 Å². The van der Waals surface area contributed by atoms with Crippen LogP contribution >= 0.6 is 0 Å². The zero-order valence-corrected chi connectivity index (χ0v) is 12.3. The third kappa shape index (κ3) is 7.69. The quantitative estimate of drug-likeness (QED) is 0.594. The zero-order chi connectivity index (χ0) is 16.1. The highest BCUT2D eigenvalue weighted by Gasteiger charge is 2.09. The molecule has 21 heavy (non-hydrogen) atoms. The third-order valence-electron chi connectivity index (χ3n) is 2.15. The molecule has 0 aliphatic rings. The van der Waals surface area contributed by atoms with Crippen molar-refractivity contribution in [2.24, 2.45) is 0 Å². The number of rotatable bonds is 6. The molecule has 0 aromatic heterocycles. The molecule has 0 heterocycles. The van der Waals surface area contributed by atoms with Crippen molar-refractivity contribution in [2.45, 2.75) is 13.8 Å². The monoisotopic (exact) mass is 292 g/mol. The molecular formula is C16H20O5. The smallest absolute Gasteiger partial charge is 0.342 e. The molecule has 0 saturated carbocycles. The Kier molecular flexibility index (Phi) is 10.1. The number of benzene rings is 1. The average molecular weight is 292 g/mol. The molecule has 0 saturated heterocycles. The topological polar surface area (TPSA) is 61.8 Å². The first-order valence-corrected chi connectivity index (χ1v) is 6.42. The highest BCUT2D eigenvalue weighted by atomic mass is 16.5. The average Bonchev–Trinajstić information content (AvgIpc) is 2.49. The zero-order valence-electron chi connectivity index (χ0n) is 12.3. The Labute approximate surface area is 124 Å². The maximum absolute atomic E-state index is 11.2. The van der Waals surface area contributed by atoms with Crippen LogP contribution in [0.25, 0.3) is 0 Å². The van der Waals surface area contributed by atoms with Gasteiger partial charge in [-0.1, -0.05) is 13.2 Å². The largest absolute Gasteiger partial charge is 0.432 e. The molecule has 0 N–H and O–H groups in total. The molecule has 0 aliphatic carbocycles. The predicted octanol–water partition coefficient (Wildman–Crippen LogP) is 3.33. The van der Waals surface area contributed by atoms with Gasteiger partial charge >= 0.3 is 11.9 Å². The minimum Gasteiger partial charge on any atom is -0.432 e. The molecule has 1 rings (SSSR count). The Bertz CT molecular complexity index is 419. The van der Waals surface area contributed by atoms with Gasteiger partial charge in [0.15, 0.2) is 0 Å². The Morgan fingerprint density at radius 2 is 1.24 bits per heavy atom. The number of esters is 2. The van der Waals surface area contributed by atoms with E-state index in [4.69, 9.17) is 4.74 Å². The lowest BCUT2D eigenvalue weighted by Crippen LogP contribution is -2.03. The van der Waals surface area contributed by atoms with Crippen molar-refractivity contribution in [2.75, 3.05) is 13.2 Å². The molecule has 5 nitrogen and oxygen atoms in total. The molecule has 0 aliphatic heterocycles. The molecule has 0 atom stereocenters. The summed E-state index contributed by atoms with van der Waals surface area (Å²) in [6, 6.07) is 5.86. The van der Waals surface area contributed by atoms with Gasteiger partial charge in [0.1, 0.15) is 0 Å². The minimum atomic E-state index is -0.529. The second kappa shape index (κ2) is 11.4. The van der Waals surface area contributed by atoms with Gasteiger partial charge in [0, 0.05) is 13.2 Å². The summed E-state index contributed by atoms with van der Waals surface area (Å²) in [7, 11) is 0. The fraction of sp³-hybridized carbons (Fsp3) is 0.250. The molecule has 0 unspecified atom stereocenters. The summed E-state index contributed by atoms with van der Waals surface area (Å²) in [5.74, 6) is -1.06. The number of hydrogen-bond donors (Lipinski definition) is 0. The fourth-order valence-corrected chi connectivity index (χ4v) is 1.23. The van der Waals surface area contributed by atoms with Crippen LogP contribution in [0.5, 0.6) is 0 Å². The SMILES string of the molecule is C=COC(=O)c1ccc(C(=O)OC=C)cc1.CCOCC. The van der Waals surface area contributed by atoms with Gasteiger partial charge in [0.2, 0.25) is 0 Å². The molecule has 0 fully saturated rings. The standard InChI is InChI=1S/C12H10O4.C4H10O/c1-3-15-11(13)9-5-7-10(8-6-9)12(14)16-4-2;1-3-5-4-2/h3-8H,1-2H2;3-4H2,1-2H3. The molecule has 1 aromatic rings. The number of ether oxygens (including phenoxy) is 3. The second-order valence-corrected chi connectivity index (χ2v) is 3.50. The summed E-state index contributed by atoms with van der Waals surface area (Å²) >= 11 is 0. The van der Waals surface area contributed by atoms with Gasteiger partial charge < -0.3 is 14.2 Å². The molecule has 0 spiro atoms. The van der Waals surface area contributed by atoms with Gasteiger partial charge in [-0.3, -0.25) is 0 Å². The maximum atomic E-state index is 11.2. The van der Waals surface area contributed by atoms with Crippen molar-refractivity contribution in [1.29, 1.82) is 0 Å². The summed E-state index contributed by atoms with van der Waals surface area (Å²) in [5.41, 5.74) is 0.658. The Morgan fingerprint density at radius 3 is 1.43 bits per heavy atom. The van der Waals surface area contributed by atoms with E-state index in [2.05, 4.69) is 22.6 Å². The summed E-state index contributed by atoms with van der Waals surface area (Å²) in [5, 5.41) is 0. The van der Waals surface area contributed by atoms with E-state index in [9.17, 15) is 9.59 Å². The maximum Gasteiger partial charge on any atom is 0.342 e. The molecule has 1 aromatic carbocycles.